The topological polar surface area (TPSA) is 61.0 Å². The van der Waals surface area contributed by atoms with Gasteiger partial charge in [0.2, 0.25) is 0 Å². The van der Waals surface area contributed by atoms with Gasteiger partial charge in [-0.1, -0.05) is 0 Å². The summed E-state index contributed by atoms with van der Waals surface area (Å²) in [7, 11) is 0. The average molecular weight is 201 g/mol. The highest BCUT2D eigenvalue weighted by atomic mass is 32.1. The molecule has 0 aliphatic rings. The Morgan fingerprint density at radius 2 is 2.38 bits per heavy atom. The van der Waals surface area contributed by atoms with E-state index in [4.69, 9.17) is 0 Å². The van der Waals surface area contributed by atoms with E-state index in [-0.39, 0.29) is 5.69 Å². The zero-order valence-electron chi connectivity index (χ0n) is 7.09. The summed E-state index contributed by atoms with van der Waals surface area (Å²) in [6.45, 7) is 0.717. The molecule has 0 saturated carbocycles. The SMILES string of the molecule is O=[N+]([O-])c1cnn(CCCCS)c1. The van der Waals surface area contributed by atoms with Crippen molar-refractivity contribution in [3.63, 3.8) is 0 Å². The Kier molecular flexibility index (Phi) is 3.75. The number of thiol groups is 1. The summed E-state index contributed by atoms with van der Waals surface area (Å²) in [5.74, 6) is 0.837. The lowest BCUT2D eigenvalue weighted by Gasteiger charge is -1.97. The molecule has 0 aromatic carbocycles. The van der Waals surface area contributed by atoms with Crippen molar-refractivity contribution in [2.24, 2.45) is 0 Å². The zero-order valence-corrected chi connectivity index (χ0v) is 7.98. The first-order valence-corrected chi connectivity index (χ1v) is 4.65. The lowest BCUT2D eigenvalue weighted by Crippen LogP contribution is -1.98. The fourth-order valence-electron chi connectivity index (χ4n) is 0.955. The van der Waals surface area contributed by atoms with Crippen LogP contribution in [0.1, 0.15) is 12.8 Å². The Hall–Kier alpha value is -1.04. The van der Waals surface area contributed by atoms with Crippen molar-refractivity contribution < 1.29 is 4.92 Å². The molecule has 0 radical (unpaired) electrons. The van der Waals surface area contributed by atoms with Gasteiger partial charge < -0.3 is 0 Å². The highest BCUT2D eigenvalue weighted by Gasteiger charge is 2.07. The molecule has 0 amide bonds. The van der Waals surface area contributed by atoms with E-state index in [1.165, 1.54) is 12.4 Å². The summed E-state index contributed by atoms with van der Waals surface area (Å²) in [4.78, 5) is 9.84. The number of hydrogen-bond donors (Lipinski definition) is 1. The molecule has 0 unspecified atom stereocenters. The molecule has 1 aromatic heterocycles. The van der Waals surface area contributed by atoms with Gasteiger partial charge in [-0.05, 0) is 18.6 Å². The summed E-state index contributed by atoms with van der Waals surface area (Å²) >= 11 is 4.07. The molecule has 0 N–H and O–H groups in total. The van der Waals surface area contributed by atoms with Crippen LogP contribution in [0.4, 0.5) is 5.69 Å². The normalized spacial score (nSPS) is 10.2. The first-order valence-electron chi connectivity index (χ1n) is 4.01. The summed E-state index contributed by atoms with van der Waals surface area (Å²) in [6.07, 6.45) is 4.65. The van der Waals surface area contributed by atoms with Crippen molar-refractivity contribution in [2.45, 2.75) is 19.4 Å². The molecule has 1 aromatic rings. The number of nitro groups is 1. The second-order valence-electron chi connectivity index (χ2n) is 2.65. The highest BCUT2D eigenvalue weighted by molar-refractivity contribution is 7.80. The molecule has 1 rings (SSSR count). The predicted molar refractivity (Wildman–Crippen MR) is 52.0 cm³/mol. The highest BCUT2D eigenvalue weighted by Crippen LogP contribution is 2.08. The van der Waals surface area contributed by atoms with Crippen LogP contribution in [0.5, 0.6) is 0 Å². The zero-order chi connectivity index (χ0) is 9.68. The Balaban J connectivity index is 2.44. The number of aryl methyl sites for hydroxylation is 1. The van der Waals surface area contributed by atoms with Gasteiger partial charge in [-0.15, -0.1) is 0 Å². The molecular weight excluding hydrogens is 190 g/mol. The van der Waals surface area contributed by atoms with Crippen LogP contribution < -0.4 is 0 Å². The minimum absolute atomic E-state index is 0.0471. The fraction of sp³-hybridized carbons (Fsp3) is 0.571. The van der Waals surface area contributed by atoms with Gasteiger partial charge in [0.1, 0.15) is 12.4 Å². The molecular formula is C7H11N3O2S. The molecule has 0 bridgehead atoms. The van der Waals surface area contributed by atoms with Crippen LogP contribution in [0.15, 0.2) is 12.4 Å². The Labute approximate surface area is 81.3 Å². The fourth-order valence-corrected chi connectivity index (χ4v) is 1.18. The van der Waals surface area contributed by atoms with E-state index >= 15 is 0 Å². The molecule has 0 fully saturated rings. The number of aromatic nitrogens is 2. The lowest BCUT2D eigenvalue weighted by molar-refractivity contribution is -0.385. The van der Waals surface area contributed by atoms with Crippen LogP contribution in [0.3, 0.4) is 0 Å². The predicted octanol–water partition coefficient (Wildman–Crippen LogP) is 1.50. The molecule has 0 aliphatic carbocycles. The summed E-state index contributed by atoms with van der Waals surface area (Å²) < 4.78 is 1.58. The summed E-state index contributed by atoms with van der Waals surface area (Å²) in [5.41, 5.74) is 0.0471. The molecule has 6 heteroatoms. The second-order valence-corrected chi connectivity index (χ2v) is 3.10. The first kappa shape index (κ1) is 10.0. The molecule has 0 atom stereocenters. The van der Waals surface area contributed by atoms with Crippen molar-refractivity contribution in [2.75, 3.05) is 5.75 Å². The van der Waals surface area contributed by atoms with Gasteiger partial charge in [-0.2, -0.15) is 17.7 Å². The van der Waals surface area contributed by atoms with E-state index in [1.54, 1.807) is 4.68 Å². The maximum absolute atomic E-state index is 10.3. The van der Waals surface area contributed by atoms with Gasteiger partial charge in [0.25, 0.3) is 0 Å². The standard InChI is InChI=1S/C7H11N3O2S/c11-10(12)7-5-8-9(6-7)3-1-2-4-13/h5-6,13H,1-4H2. The Bertz CT molecular complexity index is 287. The third-order valence-corrected chi connectivity index (χ3v) is 1.94. The van der Waals surface area contributed by atoms with Crippen LogP contribution in [0.25, 0.3) is 0 Å². The van der Waals surface area contributed by atoms with Crippen molar-refractivity contribution in [3.05, 3.63) is 22.5 Å². The molecule has 13 heavy (non-hydrogen) atoms. The Morgan fingerprint density at radius 3 is 2.92 bits per heavy atom. The van der Waals surface area contributed by atoms with Crippen LogP contribution >= 0.6 is 12.6 Å². The summed E-state index contributed by atoms with van der Waals surface area (Å²) in [5, 5.41) is 14.1. The minimum Gasteiger partial charge on any atom is -0.266 e. The van der Waals surface area contributed by atoms with Crippen LogP contribution in [0.2, 0.25) is 0 Å². The smallest absolute Gasteiger partial charge is 0.266 e. The molecule has 72 valence electrons. The van der Waals surface area contributed by atoms with Gasteiger partial charge in [-0.3, -0.25) is 14.8 Å². The maximum atomic E-state index is 10.3. The van der Waals surface area contributed by atoms with Crippen molar-refractivity contribution >= 4 is 18.3 Å². The Morgan fingerprint density at radius 1 is 1.62 bits per heavy atom. The average Bonchev–Trinajstić information content (AvgIpc) is 2.53. The largest absolute Gasteiger partial charge is 0.306 e. The van der Waals surface area contributed by atoms with E-state index in [0.717, 1.165) is 18.6 Å². The van der Waals surface area contributed by atoms with Crippen LogP contribution in [-0.2, 0) is 6.54 Å². The third-order valence-electron chi connectivity index (χ3n) is 1.63. The minimum atomic E-state index is -0.442. The monoisotopic (exact) mass is 201 g/mol. The summed E-state index contributed by atoms with van der Waals surface area (Å²) in [6, 6.07) is 0. The van der Waals surface area contributed by atoms with E-state index in [1.807, 2.05) is 0 Å². The van der Waals surface area contributed by atoms with Gasteiger partial charge in [0, 0.05) is 6.54 Å². The van der Waals surface area contributed by atoms with Gasteiger partial charge in [-0.25, -0.2) is 0 Å². The molecule has 1 heterocycles. The van der Waals surface area contributed by atoms with E-state index in [0.29, 0.717) is 6.54 Å². The van der Waals surface area contributed by atoms with Gasteiger partial charge in [0.15, 0.2) is 0 Å². The number of nitrogens with zero attached hydrogens (tertiary/aromatic N) is 3. The molecule has 0 spiro atoms. The number of unbranched alkanes of at least 4 members (excludes halogenated alkanes) is 1. The van der Waals surface area contributed by atoms with Crippen molar-refractivity contribution in [3.8, 4) is 0 Å². The molecule has 0 saturated heterocycles. The quantitative estimate of drug-likeness (QED) is 0.340. The number of hydrogen-bond acceptors (Lipinski definition) is 4. The molecule has 5 nitrogen and oxygen atoms in total. The van der Waals surface area contributed by atoms with Crippen molar-refractivity contribution in [1.82, 2.24) is 9.78 Å². The molecule has 0 aliphatic heterocycles. The van der Waals surface area contributed by atoms with E-state index < -0.39 is 4.92 Å². The van der Waals surface area contributed by atoms with Gasteiger partial charge in [0.05, 0.1) is 4.92 Å². The van der Waals surface area contributed by atoms with Crippen LogP contribution in [-0.4, -0.2) is 20.5 Å². The maximum Gasteiger partial charge on any atom is 0.306 e. The van der Waals surface area contributed by atoms with Gasteiger partial charge >= 0.3 is 5.69 Å². The van der Waals surface area contributed by atoms with Crippen molar-refractivity contribution in [1.29, 1.82) is 0 Å². The number of rotatable bonds is 5. The third kappa shape index (κ3) is 3.06. The lowest BCUT2D eigenvalue weighted by atomic mass is 10.3. The van der Waals surface area contributed by atoms with E-state index in [2.05, 4.69) is 17.7 Å². The van der Waals surface area contributed by atoms with Crippen LogP contribution in [0, 0.1) is 10.1 Å². The second kappa shape index (κ2) is 4.86. The van der Waals surface area contributed by atoms with E-state index in [9.17, 15) is 10.1 Å². The first-order chi connectivity index (χ1) is 6.24.